The van der Waals surface area contributed by atoms with Gasteiger partial charge in [-0.15, -0.1) is 0 Å². The van der Waals surface area contributed by atoms with Gasteiger partial charge < -0.3 is 15.3 Å². The maximum atomic E-state index is 9.98. The molecule has 1 atom stereocenters. The van der Waals surface area contributed by atoms with Crippen molar-refractivity contribution in [2.45, 2.75) is 6.10 Å². The van der Waals surface area contributed by atoms with Crippen LogP contribution in [0.5, 0.6) is 0 Å². The lowest BCUT2D eigenvalue weighted by atomic mass is 10.1. The number of nitrogens with zero attached hydrogens (tertiary/aromatic N) is 1. The zero-order valence-corrected chi connectivity index (χ0v) is 11.5. The third kappa shape index (κ3) is 4.61. The van der Waals surface area contributed by atoms with Gasteiger partial charge in [-0.3, -0.25) is 0 Å². The highest BCUT2D eigenvalue weighted by Crippen LogP contribution is 2.10. The summed E-state index contributed by atoms with van der Waals surface area (Å²) < 4.78 is 0. The highest BCUT2D eigenvalue weighted by atomic mass is 32.2. The van der Waals surface area contributed by atoms with Gasteiger partial charge >= 0.3 is 0 Å². The quantitative estimate of drug-likeness (QED) is 0.762. The number of nitrogens with one attached hydrogen (secondary N) is 1. The topological polar surface area (TPSA) is 35.5 Å². The standard InChI is InChI=1S/C14H22N2OS/c17-14(13-4-2-1-3-5-13)12-15-6-7-16-8-10-18-11-9-16/h1-5,14-15,17H,6-12H2. The Morgan fingerprint density at radius 2 is 1.94 bits per heavy atom. The molecule has 0 saturated carbocycles. The van der Waals surface area contributed by atoms with Gasteiger partial charge in [0.25, 0.3) is 0 Å². The van der Waals surface area contributed by atoms with Crippen LogP contribution in [0.3, 0.4) is 0 Å². The van der Waals surface area contributed by atoms with E-state index in [2.05, 4.69) is 10.2 Å². The Kier molecular flexibility index (Phi) is 6.00. The fraction of sp³-hybridized carbons (Fsp3) is 0.571. The van der Waals surface area contributed by atoms with Gasteiger partial charge in [-0.2, -0.15) is 11.8 Å². The van der Waals surface area contributed by atoms with Crippen molar-refractivity contribution >= 4 is 11.8 Å². The van der Waals surface area contributed by atoms with E-state index in [1.807, 2.05) is 42.1 Å². The number of thioether (sulfide) groups is 1. The minimum atomic E-state index is -0.400. The first-order valence-corrected chi connectivity index (χ1v) is 7.75. The molecule has 0 bridgehead atoms. The lowest BCUT2D eigenvalue weighted by Gasteiger charge is -2.26. The summed E-state index contributed by atoms with van der Waals surface area (Å²) >= 11 is 2.04. The number of aliphatic hydroxyl groups is 1. The van der Waals surface area contributed by atoms with Crippen molar-refractivity contribution in [3.63, 3.8) is 0 Å². The van der Waals surface area contributed by atoms with E-state index in [1.54, 1.807) is 0 Å². The summed E-state index contributed by atoms with van der Waals surface area (Å²) in [4.78, 5) is 2.48. The van der Waals surface area contributed by atoms with Crippen LogP contribution in [-0.4, -0.2) is 54.2 Å². The lowest BCUT2D eigenvalue weighted by molar-refractivity contribution is 0.172. The number of hydrogen-bond acceptors (Lipinski definition) is 4. The van der Waals surface area contributed by atoms with E-state index in [-0.39, 0.29) is 0 Å². The summed E-state index contributed by atoms with van der Waals surface area (Å²) in [7, 11) is 0. The van der Waals surface area contributed by atoms with Crippen LogP contribution >= 0.6 is 11.8 Å². The molecule has 1 unspecified atom stereocenters. The second-order valence-electron chi connectivity index (χ2n) is 4.58. The maximum absolute atomic E-state index is 9.98. The summed E-state index contributed by atoms with van der Waals surface area (Å²) in [5.74, 6) is 2.51. The molecule has 2 N–H and O–H groups in total. The molecular weight excluding hydrogens is 244 g/mol. The second-order valence-corrected chi connectivity index (χ2v) is 5.81. The molecule has 1 aliphatic rings. The van der Waals surface area contributed by atoms with E-state index in [0.29, 0.717) is 6.54 Å². The Hall–Kier alpha value is -0.550. The predicted molar refractivity (Wildman–Crippen MR) is 78.0 cm³/mol. The van der Waals surface area contributed by atoms with Crippen LogP contribution in [0.1, 0.15) is 11.7 Å². The summed E-state index contributed by atoms with van der Waals surface area (Å²) in [6, 6.07) is 9.83. The Morgan fingerprint density at radius 1 is 1.22 bits per heavy atom. The Bertz CT molecular complexity index is 328. The molecule has 0 amide bonds. The Balaban J connectivity index is 1.60. The van der Waals surface area contributed by atoms with Crippen LogP contribution in [0, 0.1) is 0 Å². The first-order valence-electron chi connectivity index (χ1n) is 6.60. The molecule has 1 fully saturated rings. The molecule has 1 aromatic carbocycles. The molecule has 0 radical (unpaired) electrons. The molecule has 1 heterocycles. The first-order chi connectivity index (χ1) is 8.86. The molecule has 4 heteroatoms. The normalized spacial score (nSPS) is 18.7. The summed E-state index contributed by atoms with van der Waals surface area (Å²) in [5.41, 5.74) is 0.986. The average Bonchev–Trinajstić information content (AvgIpc) is 2.45. The molecular formula is C14H22N2OS. The second kappa shape index (κ2) is 7.79. The Labute approximate surface area is 114 Å². The molecule has 0 aromatic heterocycles. The highest BCUT2D eigenvalue weighted by Gasteiger charge is 2.10. The van der Waals surface area contributed by atoms with Crippen molar-refractivity contribution in [1.29, 1.82) is 0 Å². The van der Waals surface area contributed by atoms with Gasteiger partial charge in [0.2, 0.25) is 0 Å². The van der Waals surface area contributed by atoms with Crippen LogP contribution in [0.4, 0.5) is 0 Å². The number of benzene rings is 1. The molecule has 0 spiro atoms. The molecule has 2 rings (SSSR count). The van der Waals surface area contributed by atoms with Crippen molar-refractivity contribution in [2.75, 3.05) is 44.2 Å². The molecule has 1 aromatic rings. The van der Waals surface area contributed by atoms with E-state index < -0.39 is 6.10 Å². The van der Waals surface area contributed by atoms with Crippen molar-refractivity contribution in [2.24, 2.45) is 0 Å². The largest absolute Gasteiger partial charge is 0.387 e. The van der Waals surface area contributed by atoms with Gasteiger partial charge in [-0.1, -0.05) is 30.3 Å². The van der Waals surface area contributed by atoms with E-state index in [1.165, 1.54) is 24.6 Å². The fourth-order valence-corrected chi connectivity index (χ4v) is 3.07. The van der Waals surface area contributed by atoms with E-state index in [4.69, 9.17) is 0 Å². The van der Waals surface area contributed by atoms with Crippen LogP contribution in [0.2, 0.25) is 0 Å². The van der Waals surface area contributed by atoms with E-state index in [9.17, 15) is 5.11 Å². The summed E-state index contributed by atoms with van der Waals surface area (Å²) in [6.45, 7) is 5.07. The third-order valence-electron chi connectivity index (χ3n) is 3.23. The van der Waals surface area contributed by atoms with Gasteiger partial charge in [0.05, 0.1) is 6.10 Å². The van der Waals surface area contributed by atoms with Crippen LogP contribution in [0.15, 0.2) is 30.3 Å². The zero-order chi connectivity index (χ0) is 12.6. The van der Waals surface area contributed by atoms with Crippen LogP contribution in [0.25, 0.3) is 0 Å². The maximum Gasteiger partial charge on any atom is 0.0914 e. The number of hydrogen-bond donors (Lipinski definition) is 2. The minimum absolute atomic E-state index is 0.400. The van der Waals surface area contributed by atoms with Gasteiger partial charge in [0, 0.05) is 44.2 Å². The summed E-state index contributed by atoms with van der Waals surface area (Å²) in [5, 5.41) is 13.3. The smallest absolute Gasteiger partial charge is 0.0914 e. The first kappa shape index (κ1) is 13.9. The molecule has 100 valence electrons. The predicted octanol–water partition coefficient (Wildman–Crippen LogP) is 1.36. The highest BCUT2D eigenvalue weighted by molar-refractivity contribution is 7.99. The van der Waals surface area contributed by atoms with Crippen molar-refractivity contribution in [1.82, 2.24) is 10.2 Å². The van der Waals surface area contributed by atoms with Crippen LogP contribution in [-0.2, 0) is 0 Å². The zero-order valence-electron chi connectivity index (χ0n) is 10.7. The lowest BCUT2D eigenvalue weighted by Crippen LogP contribution is -2.38. The van der Waals surface area contributed by atoms with Crippen LogP contribution < -0.4 is 5.32 Å². The minimum Gasteiger partial charge on any atom is -0.387 e. The Morgan fingerprint density at radius 3 is 2.67 bits per heavy atom. The molecule has 18 heavy (non-hydrogen) atoms. The fourth-order valence-electron chi connectivity index (χ4n) is 2.09. The monoisotopic (exact) mass is 266 g/mol. The van der Waals surface area contributed by atoms with Gasteiger partial charge in [-0.05, 0) is 5.56 Å². The van der Waals surface area contributed by atoms with E-state index >= 15 is 0 Å². The molecule has 1 saturated heterocycles. The molecule has 0 aliphatic carbocycles. The number of rotatable bonds is 6. The van der Waals surface area contributed by atoms with Crippen molar-refractivity contribution in [3.8, 4) is 0 Å². The number of aliphatic hydroxyl groups excluding tert-OH is 1. The molecule has 3 nitrogen and oxygen atoms in total. The van der Waals surface area contributed by atoms with Crippen molar-refractivity contribution in [3.05, 3.63) is 35.9 Å². The van der Waals surface area contributed by atoms with E-state index in [0.717, 1.165) is 18.7 Å². The van der Waals surface area contributed by atoms with Gasteiger partial charge in [-0.25, -0.2) is 0 Å². The molecule has 1 aliphatic heterocycles. The van der Waals surface area contributed by atoms with Gasteiger partial charge in [0.15, 0.2) is 0 Å². The third-order valence-corrected chi connectivity index (χ3v) is 4.17. The summed E-state index contributed by atoms with van der Waals surface area (Å²) in [6.07, 6.45) is -0.400. The SMILES string of the molecule is OC(CNCCN1CCSCC1)c1ccccc1. The van der Waals surface area contributed by atoms with Crippen molar-refractivity contribution < 1.29 is 5.11 Å². The average molecular weight is 266 g/mol. The van der Waals surface area contributed by atoms with Gasteiger partial charge in [0.1, 0.15) is 0 Å².